The first-order chi connectivity index (χ1) is 13.3. The zero-order valence-corrected chi connectivity index (χ0v) is 15.0. The van der Waals surface area contributed by atoms with Crippen LogP contribution in [0.1, 0.15) is 17.1 Å². The van der Waals surface area contributed by atoms with E-state index in [2.05, 4.69) is 20.1 Å². The number of ether oxygens (including phenoxy) is 1. The lowest BCUT2D eigenvalue weighted by Gasteiger charge is -2.06. The predicted molar refractivity (Wildman–Crippen MR) is 93.8 cm³/mol. The van der Waals surface area contributed by atoms with Crippen molar-refractivity contribution in [1.29, 1.82) is 0 Å². The van der Waals surface area contributed by atoms with Crippen LogP contribution in [0.25, 0.3) is 17.2 Å². The van der Waals surface area contributed by atoms with Gasteiger partial charge in [0.15, 0.2) is 5.82 Å². The average molecular weight is 388 g/mol. The molecule has 3 aromatic heterocycles. The minimum Gasteiger partial charge on any atom is -0.497 e. The molecule has 0 atom stereocenters. The number of imidazole rings is 1. The van der Waals surface area contributed by atoms with Crippen LogP contribution in [0.5, 0.6) is 5.75 Å². The Bertz CT molecular complexity index is 1130. The third-order valence-corrected chi connectivity index (χ3v) is 4.13. The van der Waals surface area contributed by atoms with Crippen molar-refractivity contribution in [3.8, 4) is 17.3 Å². The van der Waals surface area contributed by atoms with Gasteiger partial charge < -0.3 is 4.74 Å². The molecular weight excluding hydrogens is 373 g/mol. The SMILES string of the molecule is COc1ccc(Cn2nc(C(F)(F)F)nc2-c2cn3cnc(C)cc3n2)cc1. The predicted octanol–water partition coefficient (Wildman–Crippen LogP) is 3.37. The molecule has 3 heterocycles. The van der Waals surface area contributed by atoms with Crippen LogP contribution in [0.4, 0.5) is 13.2 Å². The zero-order valence-electron chi connectivity index (χ0n) is 15.0. The lowest BCUT2D eigenvalue weighted by Crippen LogP contribution is -2.09. The normalized spacial score (nSPS) is 11.9. The Balaban J connectivity index is 1.78. The highest BCUT2D eigenvalue weighted by Gasteiger charge is 2.37. The fraction of sp³-hybridized carbons (Fsp3) is 0.222. The Labute approximate surface area is 157 Å². The van der Waals surface area contributed by atoms with Crippen molar-refractivity contribution in [2.24, 2.45) is 0 Å². The van der Waals surface area contributed by atoms with Gasteiger partial charge in [-0.2, -0.15) is 13.2 Å². The van der Waals surface area contributed by atoms with E-state index >= 15 is 0 Å². The first-order valence-electron chi connectivity index (χ1n) is 8.30. The summed E-state index contributed by atoms with van der Waals surface area (Å²) in [5.74, 6) is -0.520. The van der Waals surface area contributed by atoms with Crippen molar-refractivity contribution < 1.29 is 17.9 Å². The summed E-state index contributed by atoms with van der Waals surface area (Å²) >= 11 is 0. The lowest BCUT2D eigenvalue weighted by atomic mass is 10.2. The second-order valence-corrected chi connectivity index (χ2v) is 6.18. The van der Waals surface area contributed by atoms with Gasteiger partial charge in [-0.05, 0) is 24.6 Å². The van der Waals surface area contributed by atoms with Gasteiger partial charge in [0.25, 0.3) is 5.82 Å². The molecule has 0 radical (unpaired) electrons. The largest absolute Gasteiger partial charge is 0.497 e. The summed E-state index contributed by atoms with van der Waals surface area (Å²) in [6.07, 6.45) is -1.52. The van der Waals surface area contributed by atoms with Crippen LogP contribution in [-0.4, -0.2) is 36.2 Å². The number of methoxy groups -OCH3 is 1. The van der Waals surface area contributed by atoms with Crippen molar-refractivity contribution in [2.75, 3.05) is 7.11 Å². The fourth-order valence-electron chi connectivity index (χ4n) is 2.76. The highest BCUT2D eigenvalue weighted by Crippen LogP contribution is 2.29. The molecular formula is C18H15F3N6O. The minimum atomic E-state index is -4.66. The van der Waals surface area contributed by atoms with Crippen molar-refractivity contribution in [2.45, 2.75) is 19.6 Å². The highest BCUT2D eigenvalue weighted by molar-refractivity contribution is 5.56. The molecule has 4 aromatic rings. The van der Waals surface area contributed by atoms with Crippen LogP contribution < -0.4 is 4.74 Å². The standard InChI is InChI=1S/C18H15F3N6O/c1-11-7-15-23-14(9-26(15)10-22-11)16-24-17(18(19,20)21)25-27(16)8-12-3-5-13(28-2)6-4-12/h3-7,9-10H,8H2,1-2H3. The summed E-state index contributed by atoms with van der Waals surface area (Å²) < 4.78 is 47.5. The van der Waals surface area contributed by atoms with Crippen LogP contribution in [-0.2, 0) is 12.7 Å². The Morgan fingerprint density at radius 1 is 1.11 bits per heavy atom. The number of hydrogen-bond acceptors (Lipinski definition) is 5. The molecule has 0 bridgehead atoms. The van der Waals surface area contributed by atoms with E-state index in [9.17, 15) is 13.2 Å². The van der Waals surface area contributed by atoms with Gasteiger partial charge in [0.05, 0.1) is 13.7 Å². The van der Waals surface area contributed by atoms with Gasteiger partial charge in [-0.15, -0.1) is 5.10 Å². The summed E-state index contributed by atoms with van der Waals surface area (Å²) in [7, 11) is 1.54. The maximum atomic E-state index is 13.2. The number of benzene rings is 1. The molecule has 0 amide bonds. The number of halogens is 3. The van der Waals surface area contributed by atoms with Crippen LogP contribution in [0.15, 0.2) is 42.9 Å². The molecule has 1 aromatic carbocycles. The van der Waals surface area contributed by atoms with Crippen LogP contribution >= 0.6 is 0 Å². The first-order valence-corrected chi connectivity index (χ1v) is 8.30. The molecule has 144 valence electrons. The van der Waals surface area contributed by atoms with E-state index in [4.69, 9.17) is 4.74 Å². The van der Waals surface area contributed by atoms with Gasteiger partial charge in [0.2, 0.25) is 0 Å². The fourth-order valence-corrected chi connectivity index (χ4v) is 2.76. The van der Waals surface area contributed by atoms with E-state index in [1.54, 1.807) is 54.4 Å². The molecule has 0 spiro atoms. The topological polar surface area (TPSA) is 70.1 Å². The van der Waals surface area contributed by atoms with E-state index < -0.39 is 12.0 Å². The monoisotopic (exact) mass is 388 g/mol. The Morgan fingerprint density at radius 3 is 2.54 bits per heavy atom. The maximum absolute atomic E-state index is 13.2. The number of aryl methyl sites for hydroxylation is 1. The number of alkyl halides is 3. The van der Waals surface area contributed by atoms with Crippen molar-refractivity contribution in [3.05, 3.63) is 59.9 Å². The number of nitrogens with zero attached hydrogens (tertiary/aromatic N) is 6. The molecule has 10 heteroatoms. The summed E-state index contributed by atoms with van der Waals surface area (Å²) in [4.78, 5) is 12.2. The molecule has 0 saturated carbocycles. The van der Waals surface area contributed by atoms with E-state index in [1.165, 1.54) is 4.68 Å². The highest BCUT2D eigenvalue weighted by atomic mass is 19.4. The van der Waals surface area contributed by atoms with E-state index in [0.717, 1.165) is 11.3 Å². The summed E-state index contributed by atoms with van der Waals surface area (Å²) in [5, 5.41) is 3.67. The first kappa shape index (κ1) is 18.0. The molecule has 0 fully saturated rings. The smallest absolute Gasteiger partial charge is 0.453 e. The van der Waals surface area contributed by atoms with Gasteiger partial charge in [-0.1, -0.05) is 12.1 Å². The molecule has 0 N–H and O–H groups in total. The van der Waals surface area contributed by atoms with E-state index in [0.29, 0.717) is 11.4 Å². The molecule has 0 saturated heterocycles. The third-order valence-electron chi connectivity index (χ3n) is 4.13. The van der Waals surface area contributed by atoms with Crippen molar-refractivity contribution in [3.63, 3.8) is 0 Å². The Morgan fingerprint density at radius 2 is 1.86 bits per heavy atom. The van der Waals surface area contributed by atoms with Crippen LogP contribution in [0.3, 0.4) is 0 Å². The Hall–Kier alpha value is -3.43. The van der Waals surface area contributed by atoms with Gasteiger partial charge in [-0.25, -0.2) is 19.6 Å². The second-order valence-electron chi connectivity index (χ2n) is 6.18. The quantitative estimate of drug-likeness (QED) is 0.536. The van der Waals surface area contributed by atoms with Gasteiger partial charge in [-0.3, -0.25) is 4.40 Å². The van der Waals surface area contributed by atoms with Gasteiger partial charge in [0, 0.05) is 18.0 Å². The van der Waals surface area contributed by atoms with Gasteiger partial charge in [0.1, 0.15) is 23.4 Å². The average Bonchev–Trinajstić information content (AvgIpc) is 3.25. The number of hydrogen-bond donors (Lipinski definition) is 0. The summed E-state index contributed by atoms with van der Waals surface area (Å²) in [6, 6.07) is 8.72. The number of fused-ring (bicyclic) bond motifs is 1. The molecule has 0 unspecified atom stereocenters. The van der Waals surface area contributed by atoms with E-state index in [1.807, 2.05) is 6.92 Å². The molecule has 7 nitrogen and oxygen atoms in total. The molecule has 0 aliphatic heterocycles. The van der Waals surface area contributed by atoms with Crippen LogP contribution in [0.2, 0.25) is 0 Å². The zero-order chi connectivity index (χ0) is 19.9. The summed E-state index contributed by atoms with van der Waals surface area (Å²) in [5.41, 5.74) is 2.35. The second kappa shape index (κ2) is 6.63. The van der Waals surface area contributed by atoms with Crippen molar-refractivity contribution >= 4 is 5.65 Å². The molecule has 0 aliphatic carbocycles. The lowest BCUT2D eigenvalue weighted by molar-refractivity contribution is -0.144. The molecule has 4 rings (SSSR count). The number of aromatic nitrogens is 6. The molecule has 28 heavy (non-hydrogen) atoms. The van der Waals surface area contributed by atoms with Gasteiger partial charge >= 0.3 is 6.18 Å². The third kappa shape index (κ3) is 3.40. The molecule has 0 aliphatic rings. The van der Waals surface area contributed by atoms with Crippen molar-refractivity contribution in [1.82, 2.24) is 29.1 Å². The minimum absolute atomic E-state index is 0.0319. The number of rotatable bonds is 4. The Kier molecular flexibility index (Phi) is 4.25. The summed E-state index contributed by atoms with van der Waals surface area (Å²) in [6.45, 7) is 1.91. The maximum Gasteiger partial charge on any atom is 0.453 e. The van der Waals surface area contributed by atoms with E-state index in [-0.39, 0.29) is 18.1 Å². The van der Waals surface area contributed by atoms with Crippen LogP contribution in [0, 0.1) is 6.92 Å².